The predicted octanol–water partition coefficient (Wildman–Crippen LogP) is 2.22. The summed E-state index contributed by atoms with van der Waals surface area (Å²) in [6.45, 7) is 1.17. The van der Waals surface area contributed by atoms with Crippen LogP contribution >= 0.6 is 15.9 Å². The third kappa shape index (κ3) is 1.31. The number of nitrogens with one attached hydrogen (secondary N) is 1. The fourth-order valence-corrected chi connectivity index (χ4v) is 2.55. The van der Waals surface area contributed by atoms with Crippen LogP contribution in [0.1, 0.15) is 12.0 Å². The largest absolute Gasteiger partial charge is 0.310 e. The van der Waals surface area contributed by atoms with Gasteiger partial charge in [-0.15, -0.1) is 0 Å². The minimum atomic E-state index is 0.629. The zero-order chi connectivity index (χ0) is 9.54. The second-order valence-corrected chi connectivity index (χ2v) is 4.90. The fraction of sp³-hybridized carbons (Fsp3) is 0.364. The van der Waals surface area contributed by atoms with Crippen molar-refractivity contribution in [2.45, 2.75) is 12.5 Å². The van der Waals surface area contributed by atoms with Crippen molar-refractivity contribution < 1.29 is 0 Å². The molecule has 2 nitrogen and oxygen atoms in total. The summed E-state index contributed by atoms with van der Waals surface area (Å²) in [4.78, 5) is 4.19. The summed E-state index contributed by atoms with van der Waals surface area (Å²) in [7, 11) is 0. The molecule has 1 aliphatic heterocycles. The first-order valence-corrected chi connectivity index (χ1v) is 5.67. The maximum atomic E-state index is 4.19. The van der Waals surface area contributed by atoms with E-state index in [0.29, 0.717) is 6.04 Å². The smallest absolute Gasteiger partial charge is 0.0410 e. The van der Waals surface area contributed by atoms with Crippen molar-refractivity contribution >= 4 is 21.5 Å². The van der Waals surface area contributed by atoms with E-state index in [1.807, 2.05) is 12.4 Å². The average Bonchev–Trinajstić information content (AvgIpc) is 2.43. The van der Waals surface area contributed by atoms with Crippen LogP contribution in [0.3, 0.4) is 0 Å². The number of hydrogen-bond acceptors (Lipinski definition) is 2. The molecule has 1 aromatic rings. The molecule has 1 aromatic heterocycles. The number of pyridine rings is 1. The monoisotopic (exact) mass is 250 g/mol. The molecule has 0 spiro atoms. The molecule has 0 aromatic carbocycles. The van der Waals surface area contributed by atoms with E-state index < -0.39 is 0 Å². The Morgan fingerprint density at radius 2 is 2.36 bits per heavy atom. The van der Waals surface area contributed by atoms with Crippen LogP contribution in [0.2, 0.25) is 0 Å². The Balaban J connectivity index is 1.92. The number of fused-ring (bicyclic) bond motifs is 1. The number of rotatable bonds is 1. The molecular weight excluding hydrogens is 240 g/mol. The first-order valence-electron chi connectivity index (χ1n) is 4.88. The second kappa shape index (κ2) is 3.17. The first-order chi connectivity index (χ1) is 6.83. The Bertz CT molecular complexity index is 400. The van der Waals surface area contributed by atoms with Crippen molar-refractivity contribution in [2.75, 3.05) is 6.54 Å². The lowest BCUT2D eigenvalue weighted by atomic mass is 9.94. The number of aromatic nitrogens is 1. The zero-order valence-electron chi connectivity index (χ0n) is 7.70. The Kier molecular flexibility index (Phi) is 1.96. The molecule has 0 amide bonds. The molecule has 1 saturated heterocycles. The van der Waals surface area contributed by atoms with Gasteiger partial charge >= 0.3 is 0 Å². The third-order valence-electron chi connectivity index (χ3n) is 3.06. The van der Waals surface area contributed by atoms with E-state index in [4.69, 9.17) is 0 Å². The third-order valence-corrected chi connectivity index (χ3v) is 3.50. The summed E-state index contributed by atoms with van der Waals surface area (Å²) in [5.74, 6) is 0.837. The molecule has 0 unspecified atom stereocenters. The lowest BCUT2D eigenvalue weighted by Crippen LogP contribution is -2.49. The Morgan fingerprint density at radius 3 is 2.93 bits per heavy atom. The maximum Gasteiger partial charge on any atom is 0.0410 e. The van der Waals surface area contributed by atoms with Crippen LogP contribution in [0.15, 0.2) is 29.0 Å². The topological polar surface area (TPSA) is 24.9 Å². The highest BCUT2D eigenvalue weighted by Gasteiger charge is 2.34. The van der Waals surface area contributed by atoms with Gasteiger partial charge in [-0.05, 0) is 45.5 Å². The lowest BCUT2D eigenvalue weighted by molar-refractivity contribution is 0.301. The number of halogens is 1. The lowest BCUT2D eigenvalue weighted by Gasteiger charge is -2.31. The van der Waals surface area contributed by atoms with Gasteiger partial charge in [-0.3, -0.25) is 4.98 Å². The molecular formula is C11H11BrN2. The van der Waals surface area contributed by atoms with Crippen molar-refractivity contribution in [2.24, 2.45) is 5.92 Å². The highest BCUT2D eigenvalue weighted by Crippen LogP contribution is 2.36. The average molecular weight is 251 g/mol. The highest BCUT2D eigenvalue weighted by molar-refractivity contribution is 9.10. The molecule has 2 aliphatic rings. The number of hydrogen-bond donors (Lipinski definition) is 1. The normalized spacial score (nSPS) is 29.4. The van der Waals surface area contributed by atoms with E-state index in [0.717, 1.165) is 10.4 Å². The standard InChI is InChI=1S/C11H11BrN2/c12-10-2-8(4-13-6-10)7-1-9-5-14-11(9)3-7/h2-4,6,9,11,14H,1,5H2/t9-,11-/m0/s1. The molecule has 3 rings (SSSR count). The van der Waals surface area contributed by atoms with E-state index >= 15 is 0 Å². The molecule has 3 heteroatoms. The summed E-state index contributed by atoms with van der Waals surface area (Å²) in [6, 6.07) is 2.77. The van der Waals surface area contributed by atoms with E-state index in [2.05, 4.69) is 38.4 Å². The Labute approximate surface area is 91.6 Å². The summed E-state index contributed by atoms with van der Waals surface area (Å²) in [6.07, 6.45) is 7.32. The maximum absolute atomic E-state index is 4.19. The van der Waals surface area contributed by atoms with Crippen LogP contribution in [0.5, 0.6) is 0 Å². The molecule has 1 N–H and O–H groups in total. The van der Waals surface area contributed by atoms with E-state index in [9.17, 15) is 0 Å². The van der Waals surface area contributed by atoms with Gasteiger partial charge < -0.3 is 5.32 Å². The number of allylic oxidation sites excluding steroid dienone is 1. The van der Waals surface area contributed by atoms with E-state index in [-0.39, 0.29) is 0 Å². The Morgan fingerprint density at radius 1 is 1.43 bits per heavy atom. The molecule has 1 aliphatic carbocycles. The summed E-state index contributed by atoms with van der Waals surface area (Å²) in [5, 5.41) is 3.41. The van der Waals surface area contributed by atoms with E-state index in [1.54, 1.807) is 0 Å². The van der Waals surface area contributed by atoms with Crippen molar-refractivity contribution in [3.63, 3.8) is 0 Å². The van der Waals surface area contributed by atoms with Gasteiger partial charge in [0, 0.05) is 29.5 Å². The van der Waals surface area contributed by atoms with Gasteiger partial charge in [-0.25, -0.2) is 0 Å². The molecule has 1 fully saturated rings. The molecule has 0 radical (unpaired) electrons. The minimum Gasteiger partial charge on any atom is -0.310 e. The molecule has 2 atom stereocenters. The van der Waals surface area contributed by atoms with Crippen LogP contribution < -0.4 is 5.32 Å². The quantitative estimate of drug-likeness (QED) is 0.827. The second-order valence-electron chi connectivity index (χ2n) is 3.98. The van der Waals surface area contributed by atoms with Crippen molar-refractivity contribution in [3.05, 3.63) is 34.6 Å². The van der Waals surface area contributed by atoms with Crippen molar-refractivity contribution in [3.8, 4) is 0 Å². The highest BCUT2D eigenvalue weighted by atomic mass is 79.9. The first kappa shape index (κ1) is 8.62. The van der Waals surface area contributed by atoms with E-state index in [1.165, 1.54) is 24.1 Å². The van der Waals surface area contributed by atoms with Crippen LogP contribution in [0.25, 0.3) is 5.57 Å². The van der Waals surface area contributed by atoms with Gasteiger partial charge in [0.25, 0.3) is 0 Å². The van der Waals surface area contributed by atoms with Crippen LogP contribution in [0, 0.1) is 5.92 Å². The molecule has 72 valence electrons. The van der Waals surface area contributed by atoms with Crippen LogP contribution in [0.4, 0.5) is 0 Å². The van der Waals surface area contributed by atoms with Crippen LogP contribution in [-0.4, -0.2) is 17.6 Å². The summed E-state index contributed by atoms with van der Waals surface area (Å²) >= 11 is 3.45. The van der Waals surface area contributed by atoms with Gasteiger partial charge in [-0.1, -0.05) is 6.08 Å². The SMILES string of the molecule is Brc1cncc(C2=C[C@@H]3NC[C@@H]3C2)c1. The van der Waals surface area contributed by atoms with Gasteiger partial charge in [0.2, 0.25) is 0 Å². The summed E-state index contributed by atoms with van der Waals surface area (Å²) < 4.78 is 1.06. The molecule has 0 bridgehead atoms. The minimum absolute atomic E-state index is 0.629. The van der Waals surface area contributed by atoms with Gasteiger partial charge in [0.05, 0.1) is 0 Å². The summed E-state index contributed by atoms with van der Waals surface area (Å²) in [5.41, 5.74) is 2.70. The molecule has 2 heterocycles. The zero-order valence-corrected chi connectivity index (χ0v) is 9.29. The predicted molar refractivity (Wildman–Crippen MR) is 59.8 cm³/mol. The van der Waals surface area contributed by atoms with Crippen molar-refractivity contribution in [1.29, 1.82) is 0 Å². The van der Waals surface area contributed by atoms with Gasteiger partial charge in [0.1, 0.15) is 0 Å². The molecule has 14 heavy (non-hydrogen) atoms. The van der Waals surface area contributed by atoms with Crippen molar-refractivity contribution in [1.82, 2.24) is 10.3 Å². The molecule has 0 saturated carbocycles. The van der Waals surface area contributed by atoms with Gasteiger partial charge in [0.15, 0.2) is 0 Å². The Hall–Kier alpha value is -0.670. The fourth-order valence-electron chi connectivity index (χ4n) is 2.18. The van der Waals surface area contributed by atoms with Crippen LogP contribution in [-0.2, 0) is 0 Å². The van der Waals surface area contributed by atoms with Gasteiger partial charge in [-0.2, -0.15) is 0 Å². The number of nitrogens with zero attached hydrogens (tertiary/aromatic N) is 1.